The Bertz CT molecular complexity index is 443. The summed E-state index contributed by atoms with van der Waals surface area (Å²) < 4.78 is 45.5. The van der Waals surface area contributed by atoms with E-state index < -0.39 is 24.3 Å². The minimum atomic E-state index is -4.78. The van der Waals surface area contributed by atoms with Crippen LogP contribution >= 0.6 is 12.4 Å². The van der Waals surface area contributed by atoms with E-state index in [1.165, 1.54) is 13.2 Å². The van der Waals surface area contributed by atoms with E-state index in [1.807, 2.05) is 6.92 Å². The van der Waals surface area contributed by atoms with Gasteiger partial charge in [-0.1, -0.05) is 13.3 Å². The molecule has 122 valence electrons. The highest BCUT2D eigenvalue weighted by Crippen LogP contribution is 2.33. The number of methoxy groups -OCH3 is 1. The first-order chi connectivity index (χ1) is 9.28. The molecule has 0 radical (unpaired) electrons. The molecule has 0 fully saturated rings. The van der Waals surface area contributed by atoms with E-state index in [0.717, 1.165) is 12.1 Å². The zero-order valence-corrected chi connectivity index (χ0v) is 12.5. The molecule has 0 unspecified atom stereocenters. The lowest BCUT2D eigenvalue weighted by atomic mass is 9.98. The third kappa shape index (κ3) is 5.99. The molecule has 1 aromatic carbocycles. The zero-order valence-electron chi connectivity index (χ0n) is 11.7. The van der Waals surface area contributed by atoms with Crippen molar-refractivity contribution >= 4 is 12.4 Å². The topological polar surface area (TPSA) is 64.7 Å². The summed E-state index contributed by atoms with van der Waals surface area (Å²) in [5, 5.41) is 9.87. The van der Waals surface area contributed by atoms with Crippen LogP contribution in [0.4, 0.5) is 13.2 Å². The Morgan fingerprint density at radius 1 is 1.33 bits per heavy atom. The van der Waals surface area contributed by atoms with Crippen molar-refractivity contribution in [1.82, 2.24) is 0 Å². The van der Waals surface area contributed by atoms with Crippen LogP contribution in [0.1, 0.15) is 31.4 Å². The van der Waals surface area contributed by atoms with Gasteiger partial charge < -0.3 is 20.3 Å². The summed E-state index contributed by atoms with van der Waals surface area (Å²) >= 11 is 0. The van der Waals surface area contributed by atoms with E-state index in [-0.39, 0.29) is 18.0 Å². The van der Waals surface area contributed by atoms with E-state index in [2.05, 4.69) is 4.74 Å². The van der Waals surface area contributed by atoms with E-state index >= 15 is 0 Å². The van der Waals surface area contributed by atoms with Crippen molar-refractivity contribution in [1.29, 1.82) is 0 Å². The Morgan fingerprint density at radius 2 is 1.95 bits per heavy atom. The lowest BCUT2D eigenvalue weighted by Crippen LogP contribution is -2.26. The van der Waals surface area contributed by atoms with Gasteiger partial charge in [-0.05, 0) is 24.6 Å². The van der Waals surface area contributed by atoms with E-state index in [0.29, 0.717) is 18.6 Å². The Hall–Kier alpha value is -1.18. The number of rotatable bonds is 6. The highest BCUT2D eigenvalue weighted by atomic mass is 35.5. The first-order valence-electron chi connectivity index (χ1n) is 6.15. The summed E-state index contributed by atoms with van der Waals surface area (Å²) in [4.78, 5) is 0. The van der Waals surface area contributed by atoms with E-state index in [9.17, 15) is 18.3 Å². The van der Waals surface area contributed by atoms with Crippen LogP contribution in [0, 0.1) is 0 Å². The van der Waals surface area contributed by atoms with Gasteiger partial charge in [0.05, 0.1) is 19.3 Å². The standard InChI is InChI=1S/C13H18F3NO3.ClH/c1-3-4-10(18)12(17)9-7-8(20-13(14,15)16)5-6-11(9)19-2;/h5-7,10,12,18H,3-4,17H2,1-2H3;1H/t10-,12+;/m1./s1. The van der Waals surface area contributed by atoms with Crippen LogP contribution < -0.4 is 15.2 Å². The molecule has 0 aliphatic heterocycles. The Balaban J connectivity index is 0.00000400. The monoisotopic (exact) mass is 329 g/mol. The van der Waals surface area contributed by atoms with E-state index in [4.69, 9.17) is 10.5 Å². The second-order valence-corrected chi connectivity index (χ2v) is 4.33. The molecule has 0 spiro atoms. The van der Waals surface area contributed by atoms with Gasteiger partial charge in [0.25, 0.3) is 0 Å². The number of benzene rings is 1. The molecule has 0 aliphatic rings. The normalized spacial score (nSPS) is 14.0. The average molecular weight is 330 g/mol. The number of aliphatic hydroxyl groups excluding tert-OH is 1. The number of hydrogen-bond acceptors (Lipinski definition) is 4. The average Bonchev–Trinajstić information content (AvgIpc) is 2.36. The maximum Gasteiger partial charge on any atom is 0.573 e. The first-order valence-corrected chi connectivity index (χ1v) is 6.15. The molecule has 3 N–H and O–H groups in total. The summed E-state index contributed by atoms with van der Waals surface area (Å²) in [6, 6.07) is 2.75. The molecule has 21 heavy (non-hydrogen) atoms. The van der Waals surface area contributed by atoms with Crippen molar-refractivity contribution in [2.45, 2.75) is 38.3 Å². The van der Waals surface area contributed by atoms with Gasteiger partial charge in [-0.25, -0.2) is 0 Å². The molecule has 0 saturated heterocycles. The molecular formula is C13H19ClF3NO3. The minimum Gasteiger partial charge on any atom is -0.496 e. The molecule has 4 nitrogen and oxygen atoms in total. The fourth-order valence-corrected chi connectivity index (χ4v) is 1.85. The SMILES string of the molecule is CCC[C@@H](O)[C@@H](N)c1cc(OC(F)(F)F)ccc1OC.Cl. The predicted molar refractivity (Wildman–Crippen MR) is 74.8 cm³/mol. The van der Waals surface area contributed by atoms with Gasteiger partial charge >= 0.3 is 6.36 Å². The molecule has 0 saturated carbocycles. The summed E-state index contributed by atoms with van der Waals surface area (Å²) in [6.07, 6.45) is -4.50. The van der Waals surface area contributed by atoms with Crippen molar-refractivity contribution in [2.24, 2.45) is 5.73 Å². The first kappa shape index (κ1) is 19.8. The van der Waals surface area contributed by atoms with Crippen LogP contribution in [-0.4, -0.2) is 24.7 Å². The van der Waals surface area contributed by atoms with Gasteiger partial charge in [0, 0.05) is 5.56 Å². The lowest BCUT2D eigenvalue weighted by molar-refractivity contribution is -0.274. The van der Waals surface area contributed by atoms with Crippen LogP contribution in [0.5, 0.6) is 11.5 Å². The third-order valence-corrected chi connectivity index (χ3v) is 2.79. The number of nitrogens with two attached hydrogens (primary N) is 1. The van der Waals surface area contributed by atoms with Crippen LogP contribution in [-0.2, 0) is 0 Å². The summed E-state index contributed by atoms with van der Waals surface area (Å²) in [5.74, 6) is -0.0883. The fraction of sp³-hybridized carbons (Fsp3) is 0.538. The number of alkyl halides is 3. The fourth-order valence-electron chi connectivity index (χ4n) is 1.85. The number of ether oxygens (including phenoxy) is 2. The van der Waals surface area contributed by atoms with Crippen molar-refractivity contribution < 1.29 is 27.8 Å². The number of hydrogen-bond donors (Lipinski definition) is 2. The number of halogens is 4. The predicted octanol–water partition coefficient (Wildman–Crippen LogP) is 3.18. The third-order valence-electron chi connectivity index (χ3n) is 2.79. The molecule has 0 aromatic heterocycles. The van der Waals surface area contributed by atoms with Crippen molar-refractivity contribution in [3.63, 3.8) is 0 Å². The van der Waals surface area contributed by atoms with Crippen molar-refractivity contribution in [2.75, 3.05) is 7.11 Å². The zero-order chi connectivity index (χ0) is 15.3. The molecule has 1 aromatic rings. The summed E-state index contributed by atoms with van der Waals surface area (Å²) in [5.41, 5.74) is 6.14. The quantitative estimate of drug-likeness (QED) is 0.841. The van der Waals surface area contributed by atoms with Crippen LogP contribution in [0.3, 0.4) is 0 Å². The summed E-state index contributed by atoms with van der Waals surface area (Å²) in [7, 11) is 1.38. The second kappa shape index (κ2) is 8.31. The van der Waals surface area contributed by atoms with Crippen molar-refractivity contribution in [3.05, 3.63) is 23.8 Å². The van der Waals surface area contributed by atoms with Gasteiger partial charge in [-0.2, -0.15) is 0 Å². The van der Waals surface area contributed by atoms with Gasteiger partial charge in [0.2, 0.25) is 0 Å². The van der Waals surface area contributed by atoms with Gasteiger partial charge in [-0.15, -0.1) is 25.6 Å². The molecule has 0 amide bonds. The Kier molecular flexibility index (Phi) is 7.84. The van der Waals surface area contributed by atoms with Gasteiger partial charge in [-0.3, -0.25) is 0 Å². The number of aliphatic hydroxyl groups is 1. The van der Waals surface area contributed by atoms with Gasteiger partial charge in [0.1, 0.15) is 11.5 Å². The van der Waals surface area contributed by atoms with Crippen LogP contribution in [0.2, 0.25) is 0 Å². The van der Waals surface area contributed by atoms with Crippen LogP contribution in [0.25, 0.3) is 0 Å². The van der Waals surface area contributed by atoms with Crippen LogP contribution in [0.15, 0.2) is 18.2 Å². The molecule has 0 aliphatic carbocycles. The molecule has 8 heteroatoms. The summed E-state index contributed by atoms with van der Waals surface area (Å²) in [6.45, 7) is 1.87. The lowest BCUT2D eigenvalue weighted by Gasteiger charge is -2.21. The molecule has 1 rings (SSSR count). The molecule has 0 heterocycles. The molecule has 2 atom stereocenters. The maximum atomic E-state index is 12.2. The second-order valence-electron chi connectivity index (χ2n) is 4.33. The molecular weight excluding hydrogens is 311 g/mol. The Labute approximate surface area is 127 Å². The highest BCUT2D eigenvalue weighted by Gasteiger charge is 2.32. The van der Waals surface area contributed by atoms with Crippen molar-refractivity contribution in [3.8, 4) is 11.5 Å². The molecule has 0 bridgehead atoms. The highest BCUT2D eigenvalue weighted by molar-refractivity contribution is 5.85. The smallest absolute Gasteiger partial charge is 0.496 e. The van der Waals surface area contributed by atoms with Gasteiger partial charge in [0.15, 0.2) is 0 Å². The van der Waals surface area contributed by atoms with E-state index in [1.54, 1.807) is 0 Å². The maximum absolute atomic E-state index is 12.2. The Morgan fingerprint density at radius 3 is 2.43 bits per heavy atom. The largest absolute Gasteiger partial charge is 0.573 e. The minimum absolute atomic E-state index is 0.